The smallest absolute Gasteiger partial charge is 0.265 e. The second-order valence-corrected chi connectivity index (χ2v) is 3.89. The maximum absolute atomic E-state index is 12.1. The summed E-state index contributed by atoms with van der Waals surface area (Å²) in [5.74, 6) is 0. The SMILES string of the molecule is O=c1c2cccc(Cl)c2nc2ccccn12. The van der Waals surface area contributed by atoms with E-state index in [4.69, 9.17) is 11.6 Å². The summed E-state index contributed by atoms with van der Waals surface area (Å²) in [6.45, 7) is 0. The van der Waals surface area contributed by atoms with Crippen LogP contribution >= 0.6 is 11.6 Å². The molecule has 78 valence electrons. The molecule has 16 heavy (non-hydrogen) atoms. The number of hydrogen-bond acceptors (Lipinski definition) is 2. The molecule has 0 saturated heterocycles. The molecule has 0 aliphatic rings. The Bertz CT molecular complexity index is 749. The zero-order valence-electron chi connectivity index (χ0n) is 8.22. The lowest BCUT2D eigenvalue weighted by atomic mass is 10.2. The molecule has 2 aromatic heterocycles. The van der Waals surface area contributed by atoms with Gasteiger partial charge in [-0.05, 0) is 24.3 Å². The summed E-state index contributed by atoms with van der Waals surface area (Å²) in [6, 6.07) is 10.6. The molecule has 3 nitrogen and oxygen atoms in total. The normalized spacial score (nSPS) is 11.1. The minimum Gasteiger partial charge on any atom is -0.268 e. The number of halogens is 1. The first-order valence-corrected chi connectivity index (χ1v) is 5.21. The van der Waals surface area contributed by atoms with E-state index >= 15 is 0 Å². The Balaban J connectivity index is 2.67. The molecule has 0 aliphatic heterocycles. The van der Waals surface area contributed by atoms with Gasteiger partial charge in [0.25, 0.3) is 5.56 Å². The summed E-state index contributed by atoms with van der Waals surface area (Å²) in [7, 11) is 0. The van der Waals surface area contributed by atoms with Crippen LogP contribution in [-0.4, -0.2) is 9.38 Å². The molecule has 3 aromatic rings. The molecule has 0 saturated carbocycles. The van der Waals surface area contributed by atoms with Gasteiger partial charge in [0, 0.05) is 6.20 Å². The molecular weight excluding hydrogens is 224 g/mol. The third-order valence-corrected chi connectivity index (χ3v) is 2.81. The van der Waals surface area contributed by atoms with Gasteiger partial charge in [-0.2, -0.15) is 0 Å². The molecule has 2 heterocycles. The van der Waals surface area contributed by atoms with Crippen LogP contribution in [-0.2, 0) is 0 Å². The van der Waals surface area contributed by atoms with Gasteiger partial charge in [0.15, 0.2) is 0 Å². The standard InChI is InChI=1S/C12H7ClN2O/c13-9-5-3-4-8-11(9)14-10-6-1-2-7-15(10)12(8)16/h1-7H. The monoisotopic (exact) mass is 230 g/mol. The lowest BCUT2D eigenvalue weighted by molar-refractivity contribution is 1.08. The van der Waals surface area contributed by atoms with Gasteiger partial charge in [0.1, 0.15) is 5.65 Å². The van der Waals surface area contributed by atoms with Gasteiger partial charge in [-0.15, -0.1) is 0 Å². The Morgan fingerprint density at radius 3 is 2.88 bits per heavy atom. The van der Waals surface area contributed by atoms with Crippen LogP contribution in [0.4, 0.5) is 0 Å². The Morgan fingerprint density at radius 2 is 2.00 bits per heavy atom. The van der Waals surface area contributed by atoms with Crippen molar-refractivity contribution in [3.8, 4) is 0 Å². The highest BCUT2D eigenvalue weighted by Gasteiger charge is 2.06. The van der Waals surface area contributed by atoms with Crippen molar-refractivity contribution in [3.05, 3.63) is 58.0 Å². The number of rotatable bonds is 0. The van der Waals surface area contributed by atoms with E-state index in [-0.39, 0.29) is 5.56 Å². The highest BCUT2D eigenvalue weighted by atomic mass is 35.5. The molecule has 0 atom stereocenters. The van der Waals surface area contributed by atoms with Crippen molar-refractivity contribution >= 4 is 28.2 Å². The molecule has 0 aliphatic carbocycles. The molecular formula is C12H7ClN2O. The summed E-state index contributed by atoms with van der Waals surface area (Å²) in [5.41, 5.74) is 1.07. The van der Waals surface area contributed by atoms with E-state index in [1.54, 1.807) is 36.5 Å². The summed E-state index contributed by atoms with van der Waals surface area (Å²) < 4.78 is 1.51. The maximum Gasteiger partial charge on any atom is 0.265 e. The number of nitrogens with zero attached hydrogens (tertiary/aromatic N) is 2. The Kier molecular flexibility index (Phi) is 1.94. The quantitative estimate of drug-likeness (QED) is 0.556. The van der Waals surface area contributed by atoms with Crippen LogP contribution in [0.25, 0.3) is 16.6 Å². The number of pyridine rings is 1. The zero-order chi connectivity index (χ0) is 11.1. The van der Waals surface area contributed by atoms with Crippen LogP contribution in [0, 0.1) is 0 Å². The third kappa shape index (κ3) is 1.22. The highest BCUT2D eigenvalue weighted by Crippen LogP contribution is 2.19. The van der Waals surface area contributed by atoms with E-state index in [1.807, 2.05) is 6.07 Å². The van der Waals surface area contributed by atoms with Gasteiger partial charge in [-0.3, -0.25) is 9.20 Å². The summed E-state index contributed by atoms with van der Waals surface area (Å²) in [6.07, 6.45) is 1.70. The Morgan fingerprint density at radius 1 is 1.12 bits per heavy atom. The van der Waals surface area contributed by atoms with Crippen molar-refractivity contribution in [2.75, 3.05) is 0 Å². The summed E-state index contributed by atoms with van der Waals surface area (Å²) in [5, 5.41) is 1.04. The van der Waals surface area contributed by atoms with Crippen molar-refractivity contribution in [1.29, 1.82) is 0 Å². The minimum absolute atomic E-state index is 0.0944. The number of para-hydroxylation sites is 1. The molecule has 0 N–H and O–H groups in total. The molecule has 4 heteroatoms. The van der Waals surface area contributed by atoms with Crippen LogP contribution < -0.4 is 5.56 Å². The van der Waals surface area contributed by atoms with Crippen molar-refractivity contribution in [1.82, 2.24) is 9.38 Å². The fraction of sp³-hybridized carbons (Fsp3) is 0. The minimum atomic E-state index is -0.0944. The second-order valence-electron chi connectivity index (χ2n) is 3.48. The Hall–Kier alpha value is -1.87. The van der Waals surface area contributed by atoms with Crippen LogP contribution in [0.5, 0.6) is 0 Å². The van der Waals surface area contributed by atoms with E-state index < -0.39 is 0 Å². The van der Waals surface area contributed by atoms with E-state index in [0.29, 0.717) is 21.6 Å². The first-order chi connectivity index (χ1) is 7.77. The fourth-order valence-corrected chi connectivity index (χ4v) is 1.96. The highest BCUT2D eigenvalue weighted by molar-refractivity contribution is 6.35. The Labute approximate surface area is 95.9 Å². The molecule has 0 unspecified atom stereocenters. The molecule has 0 amide bonds. The molecule has 1 aromatic carbocycles. The van der Waals surface area contributed by atoms with Gasteiger partial charge in [0.2, 0.25) is 0 Å². The average molecular weight is 231 g/mol. The molecule has 0 radical (unpaired) electrons. The largest absolute Gasteiger partial charge is 0.268 e. The first-order valence-electron chi connectivity index (χ1n) is 4.83. The van der Waals surface area contributed by atoms with Crippen molar-refractivity contribution < 1.29 is 0 Å². The van der Waals surface area contributed by atoms with Crippen LogP contribution in [0.2, 0.25) is 5.02 Å². The maximum atomic E-state index is 12.1. The van der Waals surface area contributed by atoms with Gasteiger partial charge < -0.3 is 0 Å². The van der Waals surface area contributed by atoms with E-state index in [1.165, 1.54) is 4.40 Å². The zero-order valence-corrected chi connectivity index (χ0v) is 8.98. The van der Waals surface area contributed by atoms with E-state index in [0.717, 1.165) is 0 Å². The topological polar surface area (TPSA) is 34.4 Å². The molecule has 0 bridgehead atoms. The summed E-state index contributed by atoms with van der Waals surface area (Å²) in [4.78, 5) is 16.5. The van der Waals surface area contributed by atoms with E-state index in [2.05, 4.69) is 4.98 Å². The van der Waals surface area contributed by atoms with Crippen molar-refractivity contribution in [2.24, 2.45) is 0 Å². The lowest BCUT2D eigenvalue weighted by Crippen LogP contribution is -2.14. The number of benzene rings is 1. The van der Waals surface area contributed by atoms with Crippen LogP contribution in [0.1, 0.15) is 0 Å². The van der Waals surface area contributed by atoms with Gasteiger partial charge >= 0.3 is 0 Å². The molecule has 0 spiro atoms. The molecule has 3 rings (SSSR count). The third-order valence-electron chi connectivity index (χ3n) is 2.50. The second kappa shape index (κ2) is 3.32. The van der Waals surface area contributed by atoms with Crippen molar-refractivity contribution in [3.63, 3.8) is 0 Å². The van der Waals surface area contributed by atoms with Crippen molar-refractivity contribution in [2.45, 2.75) is 0 Å². The van der Waals surface area contributed by atoms with Gasteiger partial charge in [-0.1, -0.05) is 23.7 Å². The number of aromatic nitrogens is 2. The number of fused-ring (bicyclic) bond motifs is 2. The predicted octanol–water partition coefficient (Wildman–Crippen LogP) is 2.50. The summed E-state index contributed by atoms with van der Waals surface area (Å²) >= 11 is 6.02. The first kappa shape index (κ1) is 9.36. The average Bonchev–Trinajstić information content (AvgIpc) is 2.31. The van der Waals surface area contributed by atoms with E-state index in [9.17, 15) is 4.79 Å². The van der Waals surface area contributed by atoms with Gasteiger partial charge in [0.05, 0.1) is 15.9 Å². The molecule has 0 fully saturated rings. The predicted molar refractivity (Wildman–Crippen MR) is 64.0 cm³/mol. The van der Waals surface area contributed by atoms with Gasteiger partial charge in [-0.25, -0.2) is 4.98 Å². The number of hydrogen-bond donors (Lipinski definition) is 0. The fourth-order valence-electron chi connectivity index (χ4n) is 1.74. The van der Waals surface area contributed by atoms with Crippen LogP contribution in [0.15, 0.2) is 47.4 Å². The lowest BCUT2D eigenvalue weighted by Gasteiger charge is -2.03. The van der Waals surface area contributed by atoms with Crippen LogP contribution in [0.3, 0.4) is 0 Å².